The first-order valence-corrected chi connectivity index (χ1v) is 10.1. The van der Waals surface area contributed by atoms with Crippen molar-refractivity contribution in [3.05, 3.63) is 36.7 Å². The summed E-state index contributed by atoms with van der Waals surface area (Å²) in [6.45, 7) is 0.940. The molecule has 4 rings (SSSR count). The number of nitrogens with zero attached hydrogens (tertiary/aromatic N) is 3. The summed E-state index contributed by atoms with van der Waals surface area (Å²) in [5.41, 5.74) is 1.64. The maximum Gasteiger partial charge on any atom is 0.319 e. The highest BCUT2D eigenvalue weighted by Crippen LogP contribution is 2.33. The molecule has 0 saturated heterocycles. The number of benzene rings is 1. The third-order valence-electron chi connectivity index (χ3n) is 5.69. The predicted molar refractivity (Wildman–Crippen MR) is 110 cm³/mol. The Labute approximate surface area is 169 Å². The molecule has 8 nitrogen and oxygen atoms in total. The van der Waals surface area contributed by atoms with Crippen LogP contribution in [0, 0.1) is 5.92 Å². The zero-order valence-electron chi connectivity index (χ0n) is 16.5. The van der Waals surface area contributed by atoms with E-state index in [0.717, 1.165) is 30.8 Å². The van der Waals surface area contributed by atoms with Crippen molar-refractivity contribution < 1.29 is 14.7 Å². The Morgan fingerprint density at radius 3 is 2.76 bits per heavy atom. The SMILES string of the molecule is Cn1ccnc1-c1cccc(NC(=O)NC2CC(N(CC(=O)O)CC3CC3)C2)c1. The van der Waals surface area contributed by atoms with Gasteiger partial charge in [-0.25, -0.2) is 9.78 Å². The van der Waals surface area contributed by atoms with Gasteiger partial charge in [-0.2, -0.15) is 0 Å². The van der Waals surface area contributed by atoms with Gasteiger partial charge in [0, 0.05) is 49.3 Å². The second-order valence-electron chi connectivity index (χ2n) is 8.13. The fraction of sp³-hybridized carbons (Fsp3) is 0.476. The molecule has 2 aromatic rings. The van der Waals surface area contributed by atoms with Crippen LogP contribution in [0.2, 0.25) is 0 Å². The Balaban J connectivity index is 1.27. The minimum atomic E-state index is -0.785. The number of rotatable bonds is 8. The molecule has 1 aromatic carbocycles. The third kappa shape index (κ3) is 4.95. The number of carboxylic acid groups (broad SMARTS) is 1. The number of carbonyl (C=O) groups is 2. The molecular weight excluding hydrogens is 370 g/mol. The molecule has 2 saturated carbocycles. The van der Waals surface area contributed by atoms with E-state index in [-0.39, 0.29) is 24.7 Å². The first-order chi connectivity index (χ1) is 14.0. The van der Waals surface area contributed by atoms with E-state index in [9.17, 15) is 9.59 Å². The van der Waals surface area contributed by atoms with Gasteiger partial charge in [-0.1, -0.05) is 12.1 Å². The van der Waals surface area contributed by atoms with E-state index in [1.54, 1.807) is 6.20 Å². The highest BCUT2D eigenvalue weighted by Gasteiger charge is 2.37. The Morgan fingerprint density at radius 2 is 2.10 bits per heavy atom. The van der Waals surface area contributed by atoms with E-state index >= 15 is 0 Å². The minimum Gasteiger partial charge on any atom is -0.480 e. The maximum atomic E-state index is 12.4. The molecular formula is C21H27N5O3. The lowest BCUT2D eigenvalue weighted by Gasteiger charge is -2.42. The van der Waals surface area contributed by atoms with Crippen molar-refractivity contribution in [3.63, 3.8) is 0 Å². The van der Waals surface area contributed by atoms with Crippen LogP contribution in [0.1, 0.15) is 25.7 Å². The average molecular weight is 397 g/mol. The number of anilines is 1. The van der Waals surface area contributed by atoms with Gasteiger partial charge in [-0.3, -0.25) is 9.69 Å². The third-order valence-corrected chi connectivity index (χ3v) is 5.69. The summed E-state index contributed by atoms with van der Waals surface area (Å²) < 4.78 is 1.93. The quantitative estimate of drug-likeness (QED) is 0.636. The van der Waals surface area contributed by atoms with Gasteiger partial charge < -0.3 is 20.3 Å². The molecule has 0 spiro atoms. The monoisotopic (exact) mass is 397 g/mol. The van der Waals surface area contributed by atoms with Gasteiger partial charge in [-0.05, 0) is 43.7 Å². The molecule has 0 unspecified atom stereocenters. The molecule has 0 radical (unpaired) electrons. The fourth-order valence-corrected chi connectivity index (χ4v) is 3.88. The standard InChI is InChI=1S/C21H27N5O3/c1-25-8-7-22-20(25)15-3-2-4-16(9-15)23-21(29)24-17-10-18(11-17)26(13-19(27)28)12-14-5-6-14/h2-4,7-9,14,17-18H,5-6,10-13H2,1H3,(H,27,28)(H2,23,24,29). The van der Waals surface area contributed by atoms with Gasteiger partial charge in [0.15, 0.2) is 0 Å². The first kappa shape index (κ1) is 19.4. The molecule has 8 heteroatoms. The smallest absolute Gasteiger partial charge is 0.319 e. The number of hydrogen-bond acceptors (Lipinski definition) is 4. The van der Waals surface area contributed by atoms with Crippen LogP contribution in [0.5, 0.6) is 0 Å². The van der Waals surface area contributed by atoms with Crippen molar-refractivity contribution in [1.82, 2.24) is 19.8 Å². The second-order valence-corrected chi connectivity index (χ2v) is 8.13. The molecule has 0 bridgehead atoms. The van der Waals surface area contributed by atoms with E-state index in [2.05, 4.69) is 20.5 Å². The van der Waals surface area contributed by atoms with Gasteiger partial charge in [-0.15, -0.1) is 0 Å². The molecule has 0 atom stereocenters. The van der Waals surface area contributed by atoms with Crippen LogP contribution in [0.15, 0.2) is 36.7 Å². The lowest BCUT2D eigenvalue weighted by atomic mass is 9.85. The summed E-state index contributed by atoms with van der Waals surface area (Å²) in [6.07, 6.45) is 7.61. The van der Waals surface area contributed by atoms with E-state index < -0.39 is 5.97 Å². The summed E-state index contributed by atoms with van der Waals surface area (Å²) >= 11 is 0. The van der Waals surface area contributed by atoms with Crippen LogP contribution in [-0.4, -0.2) is 56.7 Å². The maximum absolute atomic E-state index is 12.4. The van der Waals surface area contributed by atoms with Crippen LogP contribution < -0.4 is 10.6 Å². The van der Waals surface area contributed by atoms with Crippen LogP contribution in [0.25, 0.3) is 11.4 Å². The van der Waals surface area contributed by atoms with E-state index in [4.69, 9.17) is 5.11 Å². The van der Waals surface area contributed by atoms with Crippen molar-refractivity contribution >= 4 is 17.7 Å². The minimum absolute atomic E-state index is 0.0771. The number of nitrogens with one attached hydrogen (secondary N) is 2. The number of imidazole rings is 1. The first-order valence-electron chi connectivity index (χ1n) is 10.1. The van der Waals surface area contributed by atoms with E-state index in [0.29, 0.717) is 11.6 Å². The average Bonchev–Trinajstić information content (AvgIpc) is 3.34. The zero-order valence-corrected chi connectivity index (χ0v) is 16.5. The number of aliphatic carboxylic acids is 1. The molecule has 2 fully saturated rings. The van der Waals surface area contributed by atoms with Crippen molar-refractivity contribution in [3.8, 4) is 11.4 Å². The summed E-state index contributed by atoms with van der Waals surface area (Å²) in [5.74, 6) is 0.702. The fourth-order valence-electron chi connectivity index (χ4n) is 3.88. The van der Waals surface area contributed by atoms with Crippen molar-refractivity contribution in [1.29, 1.82) is 0 Å². The number of amides is 2. The molecule has 1 heterocycles. The number of carboxylic acids is 1. The molecule has 3 N–H and O–H groups in total. The van der Waals surface area contributed by atoms with Gasteiger partial charge >= 0.3 is 12.0 Å². The van der Waals surface area contributed by atoms with Gasteiger partial charge in [0.1, 0.15) is 5.82 Å². The van der Waals surface area contributed by atoms with Gasteiger partial charge in [0.2, 0.25) is 0 Å². The number of hydrogen-bond donors (Lipinski definition) is 3. The van der Waals surface area contributed by atoms with Crippen LogP contribution in [0.3, 0.4) is 0 Å². The number of urea groups is 1. The Kier molecular flexibility index (Phi) is 5.53. The number of aryl methyl sites for hydroxylation is 1. The Hall–Kier alpha value is -2.87. The molecule has 2 aliphatic rings. The zero-order chi connectivity index (χ0) is 20.4. The van der Waals surface area contributed by atoms with Crippen molar-refractivity contribution in [2.75, 3.05) is 18.4 Å². The highest BCUT2D eigenvalue weighted by molar-refractivity contribution is 5.90. The largest absolute Gasteiger partial charge is 0.480 e. The Morgan fingerprint density at radius 1 is 1.31 bits per heavy atom. The molecule has 154 valence electrons. The van der Waals surface area contributed by atoms with Crippen LogP contribution >= 0.6 is 0 Å². The number of carbonyl (C=O) groups excluding carboxylic acids is 1. The summed E-state index contributed by atoms with van der Waals surface area (Å²) in [4.78, 5) is 29.9. The normalized spacial score (nSPS) is 20.9. The summed E-state index contributed by atoms with van der Waals surface area (Å²) in [6, 6.07) is 7.67. The molecule has 29 heavy (non-hydrogen) atoms. The molecule has 0 aliphatic heterocycles. The molecule has 1 aromatic heterocycles. The molecule has 2 amide bonds. The second kappa shape index (κ2) is 8.24. The number of aromatic nitrogens is 2. The topological polar surface area (TPSA) is 99.5 Å². The van der Waals surface area contributed by atoms with Crippen LogP contribution in [0.4, 0.5) is 10.5 Å². The van der Waals surface area contributed by atoms with E-state index in [1.165, 1.54) is 12.8 Å². The molecule has 2 aliphatic carbocycles. The van der Waals surface area contributed by atoms with Gasteiger partial charge in [0.25, 0.3) is 0 Å². The van der Waals surface area contributed by atoms with Crippen molar-refractivity contribution in [2.24, 2.45) is 13.0 Å². The van der Waals surface area contributed by atoms with E-state index in [1.807, 2.05) is 42.1 Å². The predicted octanol–water partition coefficient (Wildman–Crippen LogP) is 2.54. The Bertz CT molecular complexity index is 886. The van der Waals surface area contributed by atoms with Gasteiger partial charge in [0.05, 0.1) is 6.54 Å². The lowest BCUT2D eigenvalue weighted by Crippen LogP contribution is -2.55. The summed E-state index contributed by atoms with van der Waals surface area (Å²) in [7, 11) is 1.93. The van der Waals surface area contributed by atoms with Crippen LogP contribution in [-0.2, 0) is 11.8 Å². The lowest BCUT2D eigenvalue weighted by molar-refractivity contribution is -0.139. The summed E-state index contributed by atoms with van der Waals surface area (Å²) in [5, 5.41) is 15.0. The van der Waals surface area contributed by atoms with Crippen molar-refractivity contribution in [2.45, 2.75) is 37.8 Å². The highest BCUT2D eigenvalue weighted by atomic mass is 16.4.